The molecule has 0 aromatic carbocycles. The molecule has 0 aromatic heterocycles. The van der Waals surface area contributed by atoms with Crippen LogP contribution in [0, 0.1) is 11.8 Å². The van der Waals surface area contributed by atoms with Crippen LogP contribution in [0.1, 0.15) is 39.5 Å². The van der Waals surface area contributed by atoms with Gasteiger partial charge in [0.1, 0.15) is 0 Å². The lowest BCUT2D eigenvalue weighted by atomic mass is 9.93. The first-order valence-corrected chi connectivity index (χ1v) is 8.72. The third kappa shape index (κ3) is 2.88. The van der Waals surface area contributed by atoms with E-state index in [-0.39, 0.29) is 0 Å². The van der Waals surface area contributed by atoms with Crippen molar-refractivity contribution in [2.75, 3.05) is 31.9 Å². The van der Waals surface area contributed by atoms with Gasteiger partial charge in [0.2, 0.25) is 0 Å². The van der Waals surface area contributed by atoms with Crippen molar-refractivity contribution in [1.29, 1.82) is 0 Å². The number of rotatable bonds is 2. The van der Waals surface area contributed by atoms with E-state index in [9.17, 15) is 0 Å². The Morgan fingerprint density at radius 1 is 1.28 bits per heavy atom. The van der Waals surface area contributed by atoms with Gasteiger partial charge in [-0.1, -0.05) is 20.3 Å². The van der Waals surface area contributed by atoms with Crippen molar-refractivity contribution in [2.24, 2.45) is 11.8 Å². The minimum Gasteiger partial charge on any atom is -0.312 e. The van der Waals surface area contributed by atoms with Gasteiger partial charge in [0.25, 0.3) is 0 Å². The van der Waals surface area contributed by atoms with Crippen molar-refractivity contribution in [2.45, 2.75) is 50.3 Å². The van der Waals surface area contributed by atoms with E-state index in [0.29, 0.717) is 4.75 Å². The molecule has 2 saturated heterocycles. The van der Waals surface area contributed by atoms with Gasteiger partial charge < -0.3 is 10.2 Å². The van der Waals surface area contributed by atoms with Gasteiger partial charge in [-0.05, 0) is 44.2 Å². The van der Waals surface area contributed by atoms with Crippen LogP contribution in [0.15, 0.2) is 0 Å². The fourth-order valence-corrected chi connectivity index (χ4v) is 5.16. The second kappa shape index (κ2) is 5.34. The zero-order valence-electron chi connectivity index (χ0n) is 12.0. The van der Waals surface area contributed by atoms with Gasteiger partial charge in [-0.15, -0.1) is 0 Å². The number of fused-ring (bicyclic) bond motifs is 1. The van der Waals surface area contributed by atoms with Crippen molar-refractivity contribution in [3.8, 4) is 0 Å². The zero-order chi connectivity index (χ0) is 12.6. The minimum absolute atomic E-state index is 0.494. The molecular weight excluding hydrogens is 240 g/mol. The van der Waals surface area contributed by atoms with Crippen LogP contribution < -0.4 is 5.32 Å². The monoisotopic (exact) mass is 268 g/mol. The molecule has 104 valence electrons. The summed E-state index contributed by atoms with van der Waals surface area (Å²) < 4.78 is 0.494. The summed E-state index contributed by atoms with van der Waals surface area (Å²) in [4.78, 5) is 2.72. The molecule has 2 heterocycles. The van der Waals surface area contributed by atoms with Crippen molar-refractivity contribution in [3.05, 3.63) is 0 Å². The summed E-state index contributed by atoms with van der Waals surface area (Å²) in [6.07, 6.45) is 5.79. The molecule has 1 N–H and O–H groups in total. The van der Waals surface area contributed by atoms with Crippen molar-refractivity contribution in [1.82, 2.24) is 10.2 Å². The number of nitrogens with one attached hydrogen (secondary N) is 1. The number of hydrogen-bond acceptors (Lipinski definition) is 3. The van der Waals surface area contributed by atoms with Crippen LogP contribution in [0.5, 0.6) is 0 Å². The smallest absolute Gasteiger partial charge is 0.0226 e. The molecule has 3 fully saturated rings. The SMILES string of the molecule is CC1(C)CCN(CC2NCC3CCCC32)CCS1. The summed E-state index contributed by atoms with van der Waals surface area (Å²) >= 11 is 2.16. The van der Waals surface area contributed by atoms with Crippen LogP contribution in [0.25, 0.3) is 0 Å². The predicted molar refractivity (Wildman–Crippen MR) is 80.2 cm³/mol. The van der Waals surface area contributed by atoms with E-state index in [1.54, 1.807) is 0 Å². The Balaban J connectivity index is 1.53. The molecule has 18 heavy (non-hydrogen) atoms. The maximum atomic E-state index is 3.80. The molecule has 1 aliphatic carbocycles. The van der Waals surface area contributed by atoms with E-state index in [1.165, 1.54) is 57.6 Å². The van der Waals surface area contributed by atoms with Crippen LogP contribution in [0.2, 0.25) is 0 Å². The lowest BCUT2D eigenvalue weighted by Gasteiger charge is -2.27. The molecule has 3 unspecified atom stereocenters. The number of hydrogen-bond donors (Lipinski definition) is 1. The summed E-state index contributed by atoms with van der Waals surface area (Å²) in [5.41, 5.74) is 0. The Morgan fingerprint density at radius 2 is 2.17 bits per heavy atom. The van der Waals surface area contributed by atoms with Gasteiger partial charge in [-0.3, -0.25) is 0 Å². The van der Waals surface area contributed by atoms with Crippen LogP contribution in [-0.2, 0) is 0 Å². The second-order valence-corrected chi connectivity index (χ2v) is 8.83. The van der Waals surface area contributed by atoms with Gasteiger partial charge in [0.15, 0.2) is 0 Å². The molecule has 0 bridgehead atoms. The lowest BCUT2D eigenvalue weighted by molar-refractivity contribution is 0.233. The largest absolute Gasteiger partial charge is 0.312 e. The molecule has 0 radical (unpaired) electrons. The zero-order valence-corrected chi connectivity index (χ0v) is 12.8. The first kappa shape index (κ1) is 13.3. The van der Waals surface area contributed by atoms with Gasteiger partial charge >= 0.3 is 0 Å². The predicted octanol–water partition coefficient (Wildman–Crippen LogP) is 2.59. The summed E-state index contributed by atoms with van der Waals surface area (Å²) in [6.45, 7) is 10.0. The summed E-state index contributed by atoms with van der Waals surface area (Å²) in [5.74, 6) is 3.31. The van der Waals surface area contributed by atoms with Gasteiger partial charge in [-0.2, -0.15) is 11.8 Å². The third-order valence-corrected chi connectivity index (χ3v) is 6.63. The first-order chi connectivity index (χ1) is 8.64. The Morgan fingerprint density at radius 3 is 3.06 bits per heavy atom. The molecule has 2 aliphatic heterocycles. The van der Waals surface area contributed by atoms with Crippen LogP contribution in [-0.4, -0.2) is 47.6 Å². The molecule has 3 aliphatic rings. The van der Waals surface area contributed by atoms with Crippen LogP contribution in [0.3, 0.4) is 0 Å². The molecular formula is C15H28N2S. The molecule has 2 nitrogen and oxygen atoms in total. The lowest BCUT2D eigenvalue weighted by Crippen LogP contribution is -2.41. The van der Waals surface area contributed by atoms with Crippen molar-refractivity contribution < 1.29 is 0 Å². The quantitative estimate of drug-likeness (QED) is 0.829. The summed E-state index contributed by atoms with van der Waals surface area (Å²) in [7, 11) is 0. The Bertz CT molecular complexity index is 292. The van der Waals surface area contributed by atoms with E-state index in [1.807, 2.05) is 0 Å². The van der Waals surface area contributed by atoms with E-state index in [0.717, 1.165) is 17.9 Å². The standard InChI is InChI=1S/C15H28N2S/c1-15(2)6-7-17(8-9-18-15)11-14-13-5-3-4-12(13)10-16-14/h12-14,16H,3-11H2,1-2H3. The molecule has 3 heteroatoms. The normalized spacial score (nSPS) is 40.7. The van der Waals surface area contributed by atoms with Crippen molar-refractivity contribution >= 4 is 11.8 Å². The van der Waals surface area contributed by atoms with Crippen LogP contribution >= 0.6 is 11.8 Å². The van der Waals surface area contributed by atoms with E-state index >= 15 is 0 Å². The molecule has 3 atom stereocenters. The maximum absolute atomic E-state index is 3.80. The van der Waals surface area contributed by atoms with E-state index in [4.69, 9.17) is 0 Å². The maximum Gasteiger partial charge on any atom is 0.0226 e. The Kier molecular flexibility index (Phi) is 3.93. The minimum atomic E-state index is 0.494. The van der Waals surface area contributed by atoms with Crippen LogP contribution in [0.4, 0.5) is 0 Å². The summed E-state index contributed by atoms with van der Waals surface area (Å²) in [5, 5.41) is 3.80. The van der Waals surface area contributed by atoms with Gasteiger partial charge in [0.05, 0.1) is 0 Å². The average Bonchev–Trinajstić information content (AvgIpc) is 2.86. The van der Waals surface area contributed by atoms with Crippen molar-refractivity contribution in [3.63, 3.8) is 0 Å². The third-order valence-electron chi connectivity index (χ3n) is 5.26. The fourth-order valence-electron chi connectivity index (χ4n) is 4.03. The molecule has 0 aromatic rings. The Hall–Kier alpha value is 0.270. The highest BCUT2D eigenvalue weighted by Crippen LogP contribution is 2.38. The second-order valence-electron chi connectivity index (χ2n) is 7.03. The highest BCUT2D eigenvalue weighted by Gasteiger charge is 2.39. The highest BCUT2D eigenvalue weighted by atomic mass is 32.2. The molecule has 0 spiro atoms. The van der Waals surface area contributed by atoms with Gasteiger partial charge in [0, 0.05) is 29.6 Å². The highest BCUT2D eigenvalue weighted by molar-refractivity contribution is 8.00. The van der Waals surface area contributed by atoms with Gasteiger partial charge in [-0.25, -0.2) is 0 Å². The molecule has 1 saturated carbocycles. The molecule has 3 rings (SSSR count). The average molecular weight is 268 g/mol. The van der Waals surface area contributed by atoms with E-state index < -0.39 is 0 Å². The fraction of sp³-hybridized carbons (Fsp3) is 1.00. The van der Waals surface area contributed by atoms with E-state index in [2.05, 4.69) is 35.8 Å². The topological polar surface area (TPSA) is 15.3 Å². The number of nitrogens with zero attached hydrogens (tertiary/aromatic N) is 1. The number of thioether (sulfide) groups is 1. The Labute approximate surface area is 116 Å². The summed E-state index contributed by atoms with van der Waals surface area (Å²) in [6, 6.07) is 0.795. The first-order valence-electron chi connectivity index (χ1n) is 7.74. The molecule has 0 amide bonds.